The highest BCUT2D eigenvalue weighted by Gasteiger charge is 2.20. The molecule has 7 nitrogen and oxygen atoms in total. The van der Waals surface area contributed by atoms with Crippen LogP contribution in [-0.2, 0) is 4.74 Å². The number of fused-ring (bicyclic) bond motifs is 1. The average molecular weight is 416 g/mol. The third-order valence-electron chi connectivity index (χ3n) is 4.85. The van der Waals surface area contributed by atoms with E-state index in [0.29, 0.717) is 24.5 Å². The van der Waals surface area contributed by atoms with Gasteiger partial charge in [-0.3, -0.25) is 4.79 Å². The van der Waals surface area contributed by atoms with E-state index in [1.165, 1.54) is 18.2 Å². The molecular weight excluding hydrogens is 394 g/mol. The summed E-state index contributed by atoms with van der Waals surface area (Å²) >= 11 is 0. The van der Waals surface area contributed by atoms with Crippen molar-refractivity contribution in [3.8, 4) is 5.75 Å². The summed E-state index contributed by atoms with van der Waals surface area (Å²) in [7, 11) is 0. The number of anilines is 1. The van der Waals surface area contributed by atoms with E-state index in [-0.39, 0.29) is 17.6 Å². The molecule has 0 aliphatic carbocycles. The van der Waals surface area contributed by atoms with Crippen LogP contribution in [0, 0.1) is 0 Å². The minimum atomic E-state index is -2.72. The minimum Gasteiger partial charge on any atom is -0.493 e. The molecule has 1 amide bonds. The van der Waals surface area contributed by atoms with Crippen LogP contribution in [0.4, 0.5) is 14.6 Å². The highest BCUT2D eigenvalue weighted by atomic mass is 19.3. The number of ether oxygens (including phenoxy) is 2. The van der Waals surface area contributed by atoms with Crippen molar-refractivity contribution >= 4 is 22.6 Å². The van der Waals surface area contributed by atoms with E-state index in [9.17, 15) is 13.6 Å². The lowest BCUT2D eigenvalue weighted by atomic mass is 10.1. The Morgan fingerprint density at radius 3 is 2.97 bits per heavy atom. The number of halogens is 2. The van der Waals surface area contributed by atoms with Crippen LogP contribution in [-0.4, -0.2) is 33.9 Å². The molecule has 3 heterocycles. The van der Waals surface area contributed by atoms with Gasteiger partial charge in [0.05, 0.1) is 17.7 Å². The van der Waals surface area contributed by atoms with E-state index in [1.807, 2.05) is 13.1 Å². The maximum Gasteiger partial charge on any atom is 0.280 e. The number of nitrogens with zero attached hydrogens (tertiary/aromatic N) is 3. The smallest absolute Gasteiger partial charge is 0.280 e. The Hall–Kier alpha value is -3.07. The Labute approximate surface area is 172 Å². The second-order valence-electron chi connectivity index (χ2n) is 6.97. The van der Waals surface area contributed by atoms with Gasteiger partial charge in [-0.2, -0.15) is 5.10 Å². The summed E-state index contributed by atoms with van der Waals surface area (Å²) in [5, 5.41) is 7.91. The third-order valence-corrected chi connectivity index (χ3v) is 4.85. The molecule has 2 aromatic heterocycles. The average Bonchev–Trinajstić information content (AvgIpc) is 3.17. The van der Waals surface area contributed by atoms with Crippen molar-refractivity contribution in [1.29, 1.82) is 0 Å². The molecule has 0 saturated carbocycles. The van der Waals surface area contributed by atoms with Crippen LogP contribution in [0.5, 0.6) is 5.75 Å². The molecule has 1 unspecified atom stereocenters. The molecular formula is C21H22F2N4O3. The van der Waals surface area contributed by atoms with Crippen molar-refractivity contribution in [2.45, 2.75) is 38.8 Å². The van der Waals surface area contributed by atoms with Crippen molar-refractivity contribution in [3.63, 3.8) is 0 Å². The van der Waals surface area contributed by atoms with Crippen LogP contribution in [0.1, 0.15) is 54.9 Å². The number of nitrogens with one attached hydrogen (secondary N) is 1. The minimum absolute atomic E-state index is 0.0478. The van der Waals surface area contributed by atoms with Gasteiger partial charge in [0.1, 0.15) is 23.5 Å². The van der Waals surface area contributed by atoms with E-state index < -0.39 is 18.0 Å². The normalized spacial score (nSPS) is 16.7. The van der Waals surface area contributed by atoms with Gasteiger partial charge in [0.2, 0.25) is 0 Å². The zero-order chi connectivity index (χ0) is 21.1. The largest absolute Gasteiger partial charge is 0.493 e. The molecule has 0 radical (unpaired) electrons. The SMILES string of the molecule is CCOc1cc2nn(C3CCCCO3)cc2cc1C(=O)Nc1cccc(C(F)F)n1. The van der Waals surface area contributed by atoms with Gasteiger partial charge in [-0.25, -0.2) is 18.4 Å². The molecule has 9 heteroatoms. The predicted molar refractivity (Wildman–Crippen MR) is 107 cm³/mol. The van der Waals surface area contributed by atoms with Crippen molar-refractivity contribution in [1.82, 2.24) is 14.8 Å². The number of hydrogen-bond acceptors (Lipinski definition) is 5. The molecule has 158 valence electrons. The second kappa shape index (κ2) is 8.74. The molecule has 1 fully saturated rings. The molecule has 0 bridgehead atoms. The first-order valence-corrected chi connectivity index (χ1v) is 9.89. The van der Waals surface area contributed by atoms with Gasteiger partial charge in [0, 0.05) is 24.3 Å². The van der Waals surface area contributed by atoms with Gasteiger partial charge in [-0.15, -0.1) is 0 Å². The van der Waals surface area contributed by atoms with Crippen molar-refractivity contribution in [3.05, 3.63) is 47.8 Å². The van der Waals surface area contributed by atoms with E-state index in [2.05, 4.69) is 15.4 Å². The summed E-state index contributed by atoms with van der Waals surface area (Å²) < 4.78 is 39.0. The lowest BCUT2D eigenvalue weighted by Crippen LogP contribution is -2.18. The molecule has 1 aliphatic rings. The molecule has 30 heavy (non-hydrogen) atoms. The maximum atomic E-state index is 12.9. The predicted octanol–water partition coefficient (Wildman–Crippen LogP) is 4.72. The molecule has 4 rings (SSSR count). The summed E-state index contributed by atoms with van der Waals surface area (Å²) in [6, 6.07) is 7.47. The number of pyridine rings is 1. The molecule has 1 aliphatic heterocycles. The van der Waals surface area contributed by atoms with Gasteiger partial charge in [-0.05, 0) is 44.4 Å². The second-order valence-corrected chi connectivity index (χ2v) is 6.97. The van der Waals surface area contributed by atoms with E-state index in [0.717, 1.165) is 24.6 Å². The number of benzene rings is 1. The topological polar surface area (TPSA) is 78.3 Å². The summed E-state index contributed by atoms with van der Waals surface area (Å²) in [6.45, 7) is 2.87. The Balaban J connectivity index is 1.65. The van der Waals surface area contributed by atoms with Crippen LogP contribution in [0.2, 0.25) is 0 Å². The number of rotatable bonds is 6. The summed E-state index contributed by atoms with van der Waals surface area (Å²) in [4.78, 5) is 16.7. The number of aromatic nitrogens is 3. The zero-order valence-corrected chi connectivity index (χ0v) is 16.5. The van der Waals surface area contributed by atoms with Crippen molar-refractivity contribution in [2.24, 2.45) is 0 Å². The highest BCUT2D eigenvalue weighted by molar-refractivity contribution is 6.08. The molecule has 3 aromatic rings. The van der Waals surface area contributed by atoms with E-state index in [4.69, 9.17) is 9.47 Å². The monoisotopic (exact) mass is 416 g/mol. The van der Waals surface area contributed by atoms with Gasteiger partial charge in [0.25, 0.3) is 12.3 Å². The van der Waals surface area contributed by atoms with Crippen molar-refractivity contribution in [2.75, 3.05) is 18.5 Å². The molecule has 1 aromatic carbocycles. The third kappa shape index (κ3) is 4.25. The van der Waals surface area contributed by atoms with Crippen LogP contribution in [0.3, 0.4) is 0 Å². The molecule has 1 saturated heterocycles. The number of hydrogen-bond donors (Lipinski definition) is 1. The first-order chi connectivity index (χ1) is 14.5. The van der Waals surface area contributed by atoms with E-state index >= 15 is 0 Å². The number of amides is 1. The lowest BCUT2D eigenvalue weighted by Gasteiger charge is -2.22. The first kappa shape index (κ1) is 20.2. The van der Waals surface area contributed by atoms with Crippen LogP contribution >= 0.6 is 0 Å². The first-order valence-electron chi connectivity index (χ1n) is 9.89. The Morgan fingerprint density at radius 1 is 1.37 bits per heavy atom. The lowest BCUT2D eigenvalue weighted by molar-refractivity contribution is -0.0390. The fourth-order valence-corrected chi connectivity index (χ4v) is 3.43. The quantitative estimate of drug-likeness (QED) is 0.629. The zero-order valence-electron chi connectivity index (χ0n) is 16.5. The fourth-order valence-electron chi connectivity index (χ4n) is 3.43. The molecule has 0 spiro atoms. The molecule has 1 atom stereocenters. The standard InChI is InChI=1S/C21H22F2N4O3/c1-2-29-17-11-16-13(12-27(26-16)19-8-3-4-9-30-19)10-14(17)21(28)25-18-7-5-6-15(24-18)20(22)23/h5-7,10-12,19-20H,2-4,8-9H2,1H3,(H,24,25,28). The fraction of sp³-hybridized carbons (Fsp3) is 0.381. The summed E-state index contributed by atoms with van der Waals surface area (Å²) in [5.41, 5.74) is 0.557. The molecule has 1 N–H and O–H groups in total. The Kier molecular flexibility index (Phi) is 5.89. The summed E-state index contributed by atoms with van der Waals surface area (Å²) in [6.07, 6.45) is 1.99. The number of carbonyl (C=O) groups is 1. The van der Waals surface area contributed by atoms with Crippen LogP contribution in [0.15, 0.2) is 36.5 Å². The van der Waals surface area contributed by atoms with Crippen LogP contribution in [0.25, 0.3) is 10.9 Å². The van der Waals surface area contributed by atoms with Gasteiger partial charge in [0.15, 0.2) is 0 Å². The maximum absolute atomic E-state index is 12.9. The summed E-state index contributed by atoms with van der Waals surface area (Å²) in [5.74, 6) is -0.0881. The Morgan fingerprint density at radius 2 is 2.23 bits per heavy atom. The highest BCUT2D eigenvalue weighted by Crippen LogP contribution is 2.29. The van der Waals surface area contributed by atoms with Crippen LogP contribution < -0.4 is 10.1 Å². The van der Waals surface area contributed by atoms with Crippen molar-refractivity contribution < 1.29 is 23.0 Å². The number of alkyl halides is 2. The Bertz CT molecular complexity index is 1050. The van der Waals surface area contributed by atoms with Gasteiger partial charge in [-0.1, -0.05) is 6.07 Å². The van der Waals surface area contributed by atoms with Gasteiger partial charge >= 0.3 is 0 Å². The van der Waals surface area contributed by atoms with Gasteiger partial charge < -0.3 is 14.8 Å². The number of carbonyl (C=O) groups excluding carboxylic acids is 1. The van der Waals surface area contributed by atoms with E-state index in [1.54, 1.807) is 16.8 Å².